The third kappa shape index (κ3) is 4.32. The van der Waals surface area contributed by atoms with Crippen molar-refractivity contribution in [3.63, 3.8) is 0 Å². The lowest BCUT2D eigenvalue weighted by Gasteiger charge is -2.30. The SMILES string of the molecule is CCOC(O)CN(C1=NN=C(C(C)N2C(=O)c3ccccc3C2=O)CS1)c1ccccc1. The second-order valence-electron chi connectivity index (χ2n) is 7.32. The first-order chi connectivity index (χ1) is 15.5. The molecule has 1 N–H and O–H groups in total. The summed E-state index contributed by atoms with van der Waals surface area (Å²) < 4.78 is 5.30. The fraction of sp³-hybridized carbons (Fsp3) is 0.304. The number of carbonyl (C=O) groups is 2. The molecule has 2 amide bonds. The number of carbonyl (C=O) groups excluding carboxylic acids is 2. The van der Waals surface area contributed by atoms with Crippen LogP contribution in [0.3, 0.4) is 0 Å². The summed E-state index contributed by atoms with van der Waals surface area (Å²) in [5, 5.41) is 19.5. The summed E-state index contributed by atoms with van der Waals surface area (Å²) in [5.41, 5.74) is 2.31. The number of benzene rings is 2. The molecule has 0 aromatic heterocycles. The summed E-state index contributed by atoms with van der Waals surface area (Å²) in [6, 6.07) is 15.9. The van der Waals surface area contributed by atoms with E-state index >= 15 is 0 Å². The summed E-state index contributed by atoms with van der Waals surface area (Å²) in [4.78, 5) is 28.7. The average molecular weight is 453 g/mol. The van der Waals surface area contributed by atoms with Crippen molar-refractivity contribution in [2.24, 2.45) is 10.2 Å². The molecule has 0 radical (unpaired) electrons. The van der Waals surface area contributed by atoms with Crippen LogP contribution in [-0.2, 0) is 4.74 Å². The van der Waals surface area contributed by atoms with E-state index in [1.54, 1.807) is 31.2 Å². The van der Waals surface area contributed by atoms with Crippen molar-refractivity contribution in [3.05, 3.63) is 65.7 Å². The van der Waals surface area contributed by atoms with Crippen molar-refractivity contribution < 1.29 is 19.4 Å². The zero-order valence-corrected chi connectivity index (χ0v) is 18.7. The van der Waals surface area contributed by atoms with E-state index in [4.69, 9.17) is 4.74 Å². The molecule has 2 atom stereocenters. The van der Waals surface area contributed by atoms with Crippen LogP contribution in [0.1, 0.15) is 34.6 Å². The summed E-state index contributed by atoms with van der Waals surface area (Å²) in [6.07, 6.45) is -0.980. The summed E-state index contributed by atoms with van der Waals surface area (Å²) in [7, 11) is 0. The predicted molar refractivity (Wildman–Crippen MR) is 125 cm³/mol. The Hall–Kier alpha value is -3.01. The number of ether oxygens (including phenoxy) is 1. The zero-order valence-electron chi connectivity index (χ0n) is 17.8. The minimum atomic E-state index is -0.980. The van der Waals surface area contributed by atoms with Gasteiger partial charge < -0.3 is 14.7 Å². The number of para-hydroxylation sites is 1. The molecule has 2 aromatic carbocycles. The van der Waals surface area contributed by atoms with E-state index < -0.39 is 12.3 Å². The van der Waals surface area contributed by atoms with Gasteiger partial charge in [-0.05, 0) is 38.1 Å². The van der Waals surface area contributed by atoms with Crippen molar-refractivity contribution in [1.29, 1.82) is 0 Å². The first-order valence-corrected chi connectivity index (χ1v) is 11.4. The molecule has 32 heavy (non-hydrogen) atoms. The first kappa shape index (κ1) is 22.2. The van der Waals surface area contributed by atoms with Crippen LogP contribution in [0.5, 0.6) is 0 Å². The molecule has 2 aromatic rings. The number of aliphatic hydroxyl groups is 1. The van der Waals surface area contributed by atoms with Crippen LogP contribution >= 0.6 is 11.8 Å². The number of hydrogen-bond donors (Lipinski definition) is 1. The number of aliphatic hydroxyl groups excluding tert-OH is 1. The second-order valence-corrected chi connectivity index (χ2v) is 8.26. The molecule has 4 rings (SSSR count). The van der Waals surface area contributed by atoms with Gasteiger partial charge in [-0.25, -0.2) is 0 Å². The molecule has 0 saturated carbocycles. The van der Waals surface area contributed by atoms with Crippen LogP contribution in [0.15, 0.2) is 64.8 Å². The molecule has 2 aliphatic heterocycles. The molecular weight excluding hydrogens is 428 g/mol. The van der Waals surface area contributed by atoms with Gasteiger partial charge in [-0.1, -0.05) is 42.1 Å². The number of imide groups is 1. The van der Waals surface area contributed by atoms with Crippen LogP contribution in [0.25, 0.3) is 0 Å². The van der Waals surface area contributed by atoms with Gasteiger partial charge in [0.2, 0.25) is 0 Å². The molecule has 0 saturated heterocycles. The number of thioether (sulfide) groups is 1. The number of nitrogens with zero attached hydrogens (tertiary/aromatic N) is 4. The zero-order chi connectivity index (χ0) is 22.7. The third-order valence-electron chi connectivity index (χ3n) is 5.30. The van der Waals surface area contributed by atoms with E-state index in [9.17, 15) is 14.7 Å². The molecule has 8 nitrogen and oxygen atoms in total. The van der Waals surface area contributed by atoms with Crippen LogP contribution in [0.4, 0.5) is 5.69 Å². The fourth-order valence-corrected chi connectivity index (χ4v) is 4.66. The topological polar surface area (TPSA) is 94.8 Å². The monoisotopic (exact) mass is 452 g/mol. The third-order valence-corrected chi connectivity index (χ3v) is 6.31. The first-order valence-electron chi connectivity index (χ1n) is 10.4. The highest BCUT2D eigenvalue weighted by molar-refractivity contribution is 8.14. The van der Waals surface area contributed by atoms with Crippen LogP contribution in [-0.4, -0.2) is 63.9 Å². The van der Waals surface area contributed by atoms with Crippen LogP contribution in [0, 0.1) is 0 Å². The van der Waals surface area contributed by atoms with Crippen molar-refractivity contribution in [2.75, 3.05) is 23.8 Å². The largest absolute Gasteiger partial charge is 0.366 e. The lowest BCUT2D eigenvalue weighted by Crippen LogP contribution is -2.45. The van der Waals surface area contributed by atoms with Crippen LogP contribution < -0.4 is 4.90 Å². The van der Waals surface area contributed by atoms with Gasteiger partial charge in [0.1, 0.15) is 0 Å². The highest BCUT2D eigenvalue weighted by Crippen LogP contribution is 2.28. The van der Waals surface area contributed by atoms with Crippen molar-refractivity contribution in [2.45, 2.75) is 26.2 Å². The molecule has 2 heterocycles. The standard InChI is InChI=1S/C23H24N4O4S/c1-3-31-20(28)13-26(16-9-5-4-6-10-16)23-25-24-19(14-32-23)15(2)27-21(29)17-11-7-8-12-18(17)22(27)30/h4-12,15,20,28H,3,13-14H2,1-2H3. The van der Waals surface area contributed by atoms with E-state index in [0.29, 0.717) is 34.4 Å². The van der Waals surface area contributed by atoms with Gasteiger partial charge in [-0.2, -0.15) is 5.10 Å². The lowest BCUT2D eigenvalue weighted by molar-refractivity contribution is -0.0859. The van der Waals surface area contributed by atoms with Crippen molar-refractivity contribution in [3.8, 4) is 0 Å². The van der Waals surface area contributed by atoms with Gasteiger partial charge in [0.25, 0.3) is 11.8 Å². The Morgan fingerprint density at radius 2 is 1.69 bits per heavy atom. The van der Waals surface area contributed by atoms with E-state index in [1.807, 2.05) is 42.2 Å². The number of fused-ring (bicyclic) bond motifs is 1. The highest BCUT2D eigenvalue weighted by atomic mass is 32.2. The molecule has 9 heteroatoms. The number of anilines is 1. The van der Waals surface area contributed by atoms with Gasteiger partial charge in [0.15, 0.2) is 11.5 Å². The maximum Gasteiger partial charge on any atom is 0.262 e. The quantitative estimate of drug-likeness (QED) is 0.513. The summed E-state index contributed by atoms with van der Waals surface area (Å²) in [6.45, 7) is 4.20. The smallest absolute Gasteiger partial charge is 0.262 e. The molecule has 0 aliphatic carbocycles. The molecule has 2 aliphatic rings. The van der Waals surface area contributed by atoms with Gasteiger partial charge in [-0.15, -0.1) is 5.10 Å². The molecular formula is C23H24N4O4S. The Labute approximate surface area is 190 Å². The Kier molecular flexibility index (Phi) is 6.69. The number of rotatable bonds is 7. The number of hydrogen-bond acceptors (Lipinski definition) is 8. The summed E-state index contributed by atoms with van der Waals surface area (Å²) >= 11 is 1.44. The molecule has 0 bridgehead atoms. The van der Waals surface area contributed by atoms with E-state index in [0.717, 1.165) is 5.69 Å². The normalized spacial score (nSPS) is 17.5. The van der Waals surface area contributed by atoms with Gasteiger partial charge in [0.05, 0.1) is 29.4 Å². The van der Waals surface area contributed by atoms with Crippen LogP contribution in [0.2, 0.25) is 0 Å². The van der Waals surface area contributed by atoms with E-state index in [-0.39, 0.29) is 18.4 Å². The summed E-state index contributed by atoms with van der Waals surface area (Å²) in [5.74, 6) is -0.167. The fourth-order valence-electron chi connectivity index (χ4n) is 3.65. The van der Waals surface area contributed by atoms with Gasteiger partial charge in [-0.3, -0.25) is 14.5 Å². The molecule has 2 unspecified atom stereocenters. The van der Waals surface area contributed by atoms with Crippen molar-refractivity contribution in [1.82, 2.24) is 4.90 Å². The predicted octanol–water partition coefficient (Wildman–Crippen LogP) is 2.99. The second kappa shape index (κ2) is 9.64. The number of amidine groups is 1. The Morgan fingerprint density at radius 3 is 2.25 bits per heavy atom. The van der Waals surface area contributed by atoms with Gasteiger partial charge >= 0.3 is 0 Å². The Balaban J connectivity index is 1.56. The van der Waals surface area contributed by atoms with Gasteiger partial charge in [0, 0.05) is 18.0 Å². The maximum absolute atomic E-state index is 12.8. The average Bonchev–Trinajstić information content (AvgIpc) is 3.08. The molecule has 0 spiro atoms. The van der Waals surface area contributed by atoms with Crippen molar-refractivity contribution >= 4 is 40.1 Å². The lowest BCUT2D eigenvalue weighted by atomic mass is 10.1. The molecule has 0 fully saturated rings. The molecule has 166 valence electrons. The highest BCUT2D eigenvalue weighted by Gasteiger charge is 2.40. The van der Waals surface area contributed by atoms with E-state index in [2.05, 4.69) is 10.2 Å². The van der Waals surface area contributed by atoms with E-state index in [1.165, 1.54) is 16.7 Å². The Morgan fingerprint density at radius 1 is 1.06 bits per heavy atom. The minimum Gasteiger partial charge on any atom is -0.366 e. The minimum absolute atomic E-state index is 0.197. The number of amides is 2. The Bertz CT molecular complexity index is 1040. The maximum atomic E-state index is 12.8.